The van der Waals surface area contributed by atoms with Gasteiger partial charge in [0.05, 0.1) is 6.20 Å². The molecule has 0 aliphatic carbocycles. The maximum absolute atomic E-state index is 8.93. The molecular formula is C6H8N4O. The molecule has 1 heterocycles. The number of nitrogens with zero attached hydrogens (tertiary/aromatic N) is 1. The van der Waals surface area contributed by atoms with E-state index < -0.39 is 0 Å². The van der Waals surface area contributed by atoms with Gasteiger partial charge in [-0.1, -0.05) is 0 Å². The molecule has 5 nitrogen and oxygen atoms in total. The minimum absolute atomic E-state index is 0.0463. The molecule has 0 unspecified atom stereocenters. The van der Waals surface area contributed by atoms with Crippen LogP contribution in [0.1, 0.15) is 5.56 Å². The number of nitrogens with two attached hydrogens (primary N) is 1. The second-order valence-electron chi connectivity index (χ2n) is 2.06. The normalized spacial score (nSPS) is 9.45. The first-order valence-corrected chi connectivity index (χ1v) is 2.92. The monoisotopic (exact) mass is 152 g/mol. The van der Waals surface area contributed by atoms with E-state index in [4.69, 9.17) is 21.8 Å². The summed E-state index contributed by atoms with van der Waals surface area (Å²) in [4.78, 5) is 0. The van der Waals surface area contributed by atoms with Crippen molar-refractivity contribution in [2.24, 2.45) is 5.73 Å². The second-order valence-corrected chi connectivity index (χ2v) is 2.06. The van der Waals surface area contributed by atoms with Gasteiger partial charge in [-0.05, 0) is 12.1 Å². The molecule has 5 heteroatoms. The topological polar surface area (TPSA) is 98.9 Å². The lowest BCUT2D eigenvalue weighted by molar-refractivity contribution is 0.170. The smallest absolute Gasteiger partial charge is 0.160 e. The number of amidine groups is 1. The first-order valence-electron chi connectivity index (χ1n) is 2.92. The molecule has 0 bridgehead atoms. The van der Waals surface area contributed by atoms with Crippen LogP contribution in [0.2, 0.25) is 0 Å². The van der Waals surface area contributed by atoms with E-state index in [1.165, 1.54) is 18.3 Å². The van der Waals surface area contributed by atoms with Crippen LogP contribution in [0.25, 0.3) is 0 Å². The van der Waals surface area contributed by atoms with Crippen LogP contribution < -0.4 is 11.2 Å². The molecule has 11 heavy (non-hydrogen) atoms. The summed E-state index contributed by atoms with van der Waals surface area (Å²) < 4.78 is 0.608. The van der Waals surface area contributed by atoms with Gasteiger partial charge in [-0.3, -0.25) is 10.8 Å². The lowest BCUT2D eigenvalue weighted by Crippen LogP contribution is -2.20. The van der Waals surface area contributed by atoms with Crippen LogP contribution in [-0.4, -0.2) is 15.8 Å². The van der Waals surface area contributed by atoms with Gasteiger partial charge in [0.2, 0.25) is 0 Å². The first kappa shape index (κ1) is 7.33. The van der Waals surface area contributed by atoms with Crippen LogP contribution in [-0.2, 0) is 0 Å². The molecule has 1 rings (SSSR count). The largest absolute Gasteiger partial charge is 0.427 e. The highest BCUT2D eigenvalue weighted by Crippen LogP contribution is 1.90. The Hall–Kier alpha value is -1.78. The van der Waals surface area contributed by atoms with Crippen molar-refractivity contribution in [3.05, 3.63) is 29.4 Å². The number of nitrogen functional groups attached to an aromatic ring is 1. The number of hydrogen-bond acceptors (Lipinski definition) is 3. The summed E-state index contributed by atoms with van der Waals surface area (Å²) in [5.74, 6) is -0.132. The minimum Gasteiger partial charge on any atom is -0.427 e. The molecule has 0 saturated carbocycles. The lowest BCUT2D eigenvalue weighted by atomic mass is 10.3. The third kappa shape index (κ3) is 1.37. The van der Waals surface area contributed by atoms with Gasteiger partial charge in [0.25, 0.3) is 0 Å². The third-order valence-electron chi connectivity index (χ3n) is 1.24. The van der Waals surface area contributed by atoms with Crippen molar-refractivity contribution in [3.8, 4) is 0 Å². The zero-order valence-electron chi connectivity index (χ0n) is 5.70. The van der Waals surface area contributed by atoms with E-state index in [0.717, 1.165) is 0 Å². The van der Waals surface area contributed by atoms with Gasteiger partial charge in [0, 0.05) is 5.56 Å². The summed E-state index contributed by atoms with van der Waals surface area (Å²) >= 11 is 0. The Morgan fingerprint density at radius 3 is 2.64 bits per heavy atom. The van der Waals surface area contributed by atoms with Crippen LogP contribution in [0.4, 0.5) is 0 Å². The van der Waals surface area contributed by atoms with Gasteiger partial charge >= 0.3 is 0 Å². The van der Waals surface area contributed by atoms with E-state index in [9.17, 15) is 0 Å². The molecule has 1 aromatic rings. The number of hydrogen-bond donors (Lipinski definition) is 4. The molecule has 0 aliphatic heterocycles. The zero-order valence-corrected chi connectivity index (χ0v) is 5.70. The standard InChI is InChI=1S/C6H8N4O/c7-5-2-1-4(6(8)9)3-10(5)11/h1-3,7,11H,(H3,8,9). The van der Waals surface area contributed by atoms with E-state index >= 15 is 0 Å². The van der Waals surface area contributed by atoms with E-state index in [1.807, 2.05) is 0 Å². The van der Waals surface area contributed by atoms with Crippen molar-refractivity contribution in [2.45, 2.75) is 0 Å². The average Bonchev–Trinajstić information content (AvgIpc) is 1.94. The Labute approximate surface area is 62.7 Å². The summed E-state index contributed by atoms with van der Waals surface area (Å²) in [5, 5.41) is 23.0. The Morgan fingerprint density at radius 1 is 1.55 bits per heavy atom. The van der Waals surface area contributed by atoms with Crippen molar-refractivity contribution >= 4 is 5.84 Å². The van der Waals surface area contributed by atoms with Crippen molar-refractivity contribution in [2.75, 3.05) is 0 Å². The molecule has 0 spiro atoms. The third-order valence-corrected chi connectivity index (χ3v) is 1.24. The van der Waals surface area contributed by atoms with Gasteiger partial charge < -0.3 is 10.9 Å². The summed E-state index contributed by atoms with van der Waals surface area (Å²) in [6.07, 6.45) is 1.21. The molecule has 0 fully saturated rings. The van der Waals surface area contributed by atoms with Crippen molar-refractivity contribution in [3.63, 3.8) is 0 Å². The number of nitrogens with one attached hydrogen (secondary N) is 2. The highest BCUT2D eigenvalue weighted by molar-refractivity contribution is 5.94. The molecule has 1 aromatic heterocycles. The maximum atomic E-state index is 8.93. The predicted molar refractivity (Wildman–Crippen MR) is 38.5 cm³/mol. The summed E-state index contributed by atoms with van der Waals surface area (Å²) in [6.45, 7) is 0. The van der Waals surface area contributed by atoms with Crippen LogP contribution in [0.15, 0.2) is 18.3 Å². The molecular weight excluding hydrogens is 144 g/mol. The Bertz CT molecular complexity index is 341. The Kier molecular flexibility index (Phi) is 1.63. The fourth-order valence-corrected chi connectivity index (χ4v) is 0.649. The first-order chi connectivity index (χ1) is 5.11. The number of pyridine rings is 1. The number of aromatic nitrogens is 1. The average molecular weight is 152 g/mol. The van der Waals surface area contributed by atoms with Crippen molar-refractivity contribution in [1.29, 1.82) is 10.8 Å². The Balaban J connectivity index is 3.26. The molecule has 58 valence electrons. The van der Waals surface area contributed by atoms with E-state index in [0.29, 0.717) is 10.3 Å². The molecule has 0 saturated heterocycles. The van der Waals surface area contributed by atoms with Gasteiger partial charge in [0.15, 0.2) is 5.49 Å². The van der Waals surface area contributed by atoms with Gasteiger partial charge in [-0.15, -0.1) is 0 Å². The van der Waals surface area contributed by atoms with Crippen molar-refractivity contribution < 1.29 is 5.21 Å². The second kappa shape index (κ2) is 2.45. The van der Waals surface area contributed by atoms with E-state index in [-0.39, 0.29) is 11.3 Å². The van der Waals surface area contributed by atoms with Crippen LogP contribution in [0, 0.1) is 10.8 Å². The molecule has 0 radical (unpaired) electrons. The molecule has 0 amide bonds. The van der Waals surface area contributed by atoms with Crippen LogP contribution >= 0.6 is 0 Å². The molecule has 0 aromatic carbocycles. The van der Waals surface area contributed by atoms with Gasteiger partial charge in [0.1, 0.15) is 5.84 Å². The lowest BCUT2D eigenvalue weighted by Gasteiger charge is -1.99. The maximum Gasteiger partial charge on any atom is 0.160 e. The fraction of sp³-hybridized carbons (Fsp3) is 0. The quantitative estimate of drug-likeness (QED) is 0.247. The Morgan fingerprint density at radius 2 is 2.18 bits per heavy atom. The highest BCUT2D eigenvalue weighted by atomic mass is 16.5. The SMILES string of the molecule is N=C(N)c1ccc(=N)n(O)c1. The molecule has 0 atom stereocenters. The van der Waals surface area contributed by atoms with Gasteiger partial charge in [-0.25, -0.2) is 0 Å². The highest BCUT2D eigenvalue weighted by Gasteiger charge is 1.96. The van der Waals surface area contributed by atoms with E-state index in [2.05, 4.69) is 0 Å². The van der Waals surface area contributed by atoms with Crippen molar-refractivity contribution in [1.82, 2.24) is 4.73 Å². The fourth-order valence-electron chi connectivity index (χ4n) is 0.649. The van der Waals surface area contributed by atoms with Crippen LogP contribution in [0.3, 0.4) is 0 Å². The zero-order chi connectivity index (χ0) is 8.43. The number of rotatable bonds is 1. The summed E-state index contributed by atoms with van der Waals surface area (Å²) in [5.41, 5.74) is 5.48. The molecule has 5 N–H and O–H groups in total. The summed E-state index contributed by atoms with van der Waals surface area (Å²) in [7, 11) is 0. The van der Waals surface area contributed by atoms with Gasteiger partial charge in [-0.2, -0.15) is 4.73 Å². The minimum atomic E-state index is -0.132. The molecule has 0 aliphatic rings. The van der Waals surface area contributed by atoms with Crippen LogP contribution in [0.5, 0.6) is 0 Å². The van der Waals surface area contributed by atoms with E-state index in [1.54, 1.807) is 0 Å². The predicted octanol–water partition coefficient (Wildman–Crippen LogP) is -0.511. The summed E-state index contributed by atoms with van der Waals surface area (Å²) in [6, 6.07) is 2.86.